The van der Waals surface area contributed by atoms with Crippen LogP contribution in [0.4, 0.5) is 0 Å². The Labute approximate surface area is 173 Å². The zero-order valence-electron chi connectivity index (χ0n) is 15.9. The number of hydrogen-bond donors (Lipinski definition) is 2. The van der Waals surface area contributed by atoms with Crippen LogP contribution < -0.4 is 19.5 Å². The molecule has 0 saturated carbocycles. The highest BCUT2D eigenvalue weighted by molar-refractivity contribution is 7.89. The van der Waals surface area contributed by atoms with E-state index in [1.807, 2.05) is 6.07 Å². The van der Waals surface area contributed by atoms with E-state index in [2.05, 4.69) is 15.0 Å². The van der Waals surface area contributed by atoms with E-state index in [9.17, 15) is 13.2 Å². The standard InChI is InChI=1S/C21H19N3O5S/c25-21(23-12-16-3-2-8-22-11-16)17-4-1-5-18(10-17)30(26,27)24-13-15-6-7-19-20(9-15)29-14-28-19/h1-11,24H,12-14H2,(H,23,25). The molecule has 0 unspecified atom stereocenters. The molecule has 0 saturated heterocycles. The molecule has 1 aromatic heterocycles. The summed E-state index contributed by atoms with van der Waals surface area (Å²) in [5, 5.41) is 2.76. The number of carbonyl (C=O) groups is 1. The van der Waals surface area contributed by atoms with E-state index in [1.54, 1.807) is 42.7 Å². The van der Waals surface area contributed by atoms with E-state index in [0.29, 0.717) is 18.0 Å². The van der Waals surface area contributed by atoms with Gasteiger partial charge >= 0.3 is 0 Å². The van der Waals surface area contributed by atoms with Gasteiger partial charge in [-0.15, -0.1) is 0 Å². The van der Waals surface area contributed by atoms with Crippen molar-refractivity contribution in [3.63, 3.8) is 0 Å². The van der Waals surface area contributed by atoms with Crippen molar-refractivity contribution in [3.05, 3.63) is 83.7 Å². The van der Waals surface area contributed by atoms with Gasteiger partial charge in [0.1, 0.15) is 0 Å². The summed E-state index contributed by atoms with van der Waals surface area (Å²) in [5.41, 5.74) is 1.83. The first-order valence-corrected chi connectivity index (χ1v) is 10.6. The molecule has 154 valence electrons. The highest BCUT2D eigenvalue weighted by Crippen LogP contribution is 2.32. The van der Waals surface area contributed by atoms with E-state index < -0.39 is 10.0 Å². The molecule has 0 spiro atoms. The molecular formula is C21H19N3O5S. The first kappa shape index (κ1) is 19.9. The van der Waals surface area contributed by atoms with E-state index in [0.717, 1.165) is 11.1 Å². The summed E-state index contributed by atoms with van der Waals surface area (Å²) in [7, 11) is -3.81. The van der Waals surface area contributed by atoms with Gasteiger partial charge in [-0.05, 0) is 47.5 Å². The molecule has 0 bridgehead atoms. The van der Waals surface area contributed by atoms with Crippen LogP contribution in [0, 0.1) is 0 Å². The fraction of sp³-hybridized carbons (Fsp3) is 0.143. The normalized spacial score (nSPS) is 12.5. The van der Waals surface area contributed by atoms with E-state index >= 15 is 0 Å². The Morgan fingerprint density at radius 3 is 2.67 bits per heavy atom. The number of benzene rings is 2. The predicted octanol–water partition coefficient (Wildman–Crippen LogP) is 2.22. The minimum atomic E-state index is -3.81. The molecule has 2 aromatic carbocycles. The largest absolute Gasteiger partial charge is 0.454 e. The highest BCUT2D eigenvalue weighted by Gasteiger charge is 2.18. The van der Waals surface area contributed by atoms with Crippen LogP contribution in [-0.2, 0) is 23.1 Å². The first-order valence-electron chi connectivity index (χ1n) is 9.17. The fourth-order valence-electron chi connectivity index (χ4n) is 2.90. The lowest BCUT2D eigenvalue weighted by atomic mass is 10.2. The number of fused-ring (bicyclic) bond motifs is 1. The predicted molar refractivity (Wildman–Crippen MR) is 108 cm³/mol. The van der Waals surface area contributed by atoms with Crippen molar-refractivity contribution >= 4 is 15.9 Å². The minimum Gasteiger partial charge on any atom is -0.454 e. The van der Waals surface area contributed by atoms with E-state index in [1.165, 1.54) is 18.2 Å². The van der Waals surface area contributed by atoms with Gasteiger partial charge in [0.25, 0.3) is 5.91 Å². The van der Waals surface area contributed by atoms with Crippen molar-refractivity contribution in [2.45, 2.75) is 18.0 Å². The average Bonchev–Trinajstić information content (AvgIpc) is 3.25. The summed E-state index contributed by atoms with van der Waals surface area (Å²) in [4.78, 5) is 16.4. The molecule has 2 heterocycles. The lowest BCUT2D eigenvalue weighted by Crippen LogP contribution is -2.25. The number of sulfonamides is 1. The monoisotopic (exact) mass is 425 g/mol. The Kier molecular flexibility index (Phi) is 5.64. The van der Waals surface area contributed by atoms with Crippen molar-refractivity contribution in [1.29, 1.82) is 0 Å². The number of ether oxygens (including phenoxy) is 2. The van der Waals surface area contributed by atoms with Gasteiger partial charge in [-0.1, -0.05) is 18.2 Å². The third kappa shape index (κ3) is 4.58. The van der Waals surface area contributed by atoms with Crippen LogP contribution in [0.3, 0.4) is 0 Å². The van der Waals surface area contributed by atoms with Crippen LogP contribution in [0.15, 0.2) is 71.9 Å². The zero-order valence-corrected chi connectivity index (χ0v) is 16.7. The van der Waals surface area contributed by atoms with Gasteiger partial charge in [0, 0.05) is 31.0 Å². The van der Waals surface area contributed by atoms with Gasteiger partial charge < -0.3 is 14.8 Å². The van der Waals surface area contributed by atoms with Crippen molar-refractivity contribution < 1.29 is 22.7 Å². The molecule has 0 atom stereocenters. The summed E-state index contributed by atoms with van der Waals surface area (Å²) >= 11 is 0. The second-order valence-electron chi connectivity index (χ2n) is 6.58. The maximum atomic E-state index is 12.7. The topological polar surface area (TPSA) is 107 Å². The first-order chi connectivity index (χ1) is 14.5. The SMILES string of the molecule is O=C(NCc1cccnc1)c1cccc(S(=O)(=O)NCc2ccc3c(c2)OCO3)c1. The minimum absolute atomic E-state index is 0.0114. The summed E-state index contributed by atoms with van der Waals surface area (Å²) < 4.78 is 38.5. The molecule has 0 fully saturated rings. The summed E-state index contributed by atoms with van der Waals surface area (Å²) in [6.45, 7) is 0.530. The Morgan fingerprint density at radius 2 is 1.83 bits per heavy atom. The quantitative estimate of drug-likeness (QED) is 0.601. The molecular weight excluding hydrogens is 406 g/mol. The van der Waals surface area contributed by atoms with Crippen molar-refractivity contribution in [2.75, 3.05) is 6.79 Å². The second-order valence-corrected chi connectivity index (χ2v) is 8.35. The molecule has 2 N–H and O–H groups in total. The highest BCUT2D eigenvalue weighted by atomic mass is 32.2. The van der Waals surface area contributed by atoms with Crippen LogP contribution in [0.25, 0.3) is 0 Å². The number of nitrogens with zero attached hydrogens (tertiary/aromatic N) is 1. The van der Waals surface area contributed by atoms with Gasteiger partial charge in [0.05, 0.1) is 4.90 Å². The number of aromatic nitrogens is 1. The molecule has 9 heteroatoms. The number of amides is 1. The van der Waals surface area contributed by atoms with Crippen molar-refractivity contribution in [1.82, 2.24) is 15.0 Å². The molecule has 30 heavy (non-hydrogen) atoms. The molecule has 8 nitrogen and oxygen atoms in total. The number of rotatable bonds is 7. The Hall–Kier alpha value is -3.43. The van der Waals surface area contributed by atoms with Gasteiger partial charge in [0.2, 0.25) is 16.8 Å². The molecule has 3 aromatic rings. The van der Waals surface area contributed by atoms with Crippen LogP contribution in [0.2, 0.25) is 0 Å². The Morgan fingerprint density at radius 1 is 0.967 bits per heavy atom. The van der Waals surface area contributed by atoms with Gasteiger partial charge in [-0.2, -0.15) is 0 Å². The maximum Gasteiger partial charge on any atom is 0.251 e. The molecule has 0 aliphatic carbocycles. The van der Waals surface area contributed by atoms with Crippen LogP contribution in [0.5, 0.6) is 11.5 Å². The lowest BCUT2D eigenvalue weighted by Gasteiger charge is -2.10. The third-order valence-electron chi connectivity index (χ3n) is 4.49. The fourth-order valence-corrected chi connectivity index (χ4v) is 3.97. The third-order valence-corrected chi connectivity index (χ3v) is 5.88. The smallest absolute Gasteiger partial charge is 0.251 e. The Balaban J connectivity index is 1.42. The van der Waals surface area contributed by atoms with Crippen LogP contribution >= 0.6 is 0 Å². The van der Waals surface area contributed by atoms with Crippen LogP contribution in [0.1, 0.15) is 21.5 Å². The van der Waals surface area contributed by atoms with E-state index in [-0.39, 0.29) is 29.7 Å². The Bertz CT molecular complexity index is 1170. The second kappa shape index (κ2) is 8.52. The number of hydrogen-bond acceptors (Lipinski definition) is 6. The summed E-state index contributed by atoms with van der Waals surface area (Å²) in [5.74, 6) is 0.845. The van der Waals surface area contributed by atoms with Crippen molar-refractivity contribution in [2.24, 2.45) is 0 Å². The summed E-state index contributed by atoms with van der Waals surface area (Å²) in [6.07, 6.45) is 3.30. The van der Waals surface area contributed by atoms with E-state index in [4.69, 9.17) is 9.47 Å². The molecule has 0 radical (unpaired) electrons. The molecule has 4 rings (SSSR count). The molecule has 1 amide bonds. The lowest BCUT2D eigenvalue weighted by molar-refractivity contribution is 0.0950. The molecule has 1 aliphatic rings. The van der Waals surface area contributed by atoms with Gasteiger partial charge in [0.15, 0.2) is 11.5 Å². The summed E-state index contributed by atoms with van der Waals surface area (Å²) in [6, 6.07) is 14.7. The van der Waals surface area contributed by atoms with Crippen molar-refractivity contribution in [3.8, 4) is 11.5 Å². The van der Waals surface area contributed by atoms with Gasteiger partial charge in [-0.3, -0.25) is 9.78 Å². The number of pyridine rings is 1. The van der Waals surface area contributed by atoms with Crippen LogP contribution in [-0.4, -0.2) is 26.1 Å². The zero-order chi connectivity index (χ0) is 21.0. The number of carbonyl (C=O) groups excluding carboxylic acids is 1. The number of nitrogens with one attached hydrogen (secondary N) is 2. The van der Waals surface area contributed by atoms with Gasteiger partial charge in [-0.25, -0.2) is 13.1 Å². The molecule has 1 aliphatic heterocycles. The average molecular weight is 425 g/mol. The maximum absolute atomic E-state index is 12.7.